The van der Waals surface area contributed by atoms with Crippen LogP contribution in [0.15, 0.2) is 53.2 Å². The number of pyridine rings is 1. The average Bonchev–Trinajstić information content (AvgIpc) is 3.54. The molecule has 10 heteroatoms. The highest BCUT2D eigenvalue weighted by atomic mass is 16.5. The van der Waals surface area contributed by atoms with Crippen molar-refractivity contribution in [2.24, 2.45) is 0 Å². The molecule has 5 rings (SSSR count). The lowest BCUT2D eigenvalue weighted by molar-refractivity contribution is 0.0740. The van der Waals surface area contributed by atoms with Gasteiger partial charge in [0.1, 0.15) is 17.3 Å². The number of rotatable bonds is 5. The lowest BCUT2D eigenvalue weighted by Crippen LogP contribution is -2.49. The molecule has 1 N–H and O–H groups in total. The van der Waals surface area contributed by atoms with Crippen molar-refractivity contribution in [2.45, 2.75) is 6.92 Å². The van der Waals surface area contributed by atoms with Crippen LogP contribution in [0.3, 0.4) is 0 Å². The molecule has 4 heterocycles. The fourth-order valence-corrected chi connectivity index (χ4v) is 3.79. The summed E-state index contributed by atoms with van der Waals surface area (Å²) in [5, 5.41) is 11.1. The van der Waals surface area contributed by atoms with Crippen LogP contribution in [0.1, 0.15) is 16.4 Å². The molecule has 1 aromatic carbocycles. The summed E-state index contributed by atoms with van der Waals surface area (Å²) >= 11 is 0. The Hall–Kier alpha value is -4.21. The van der Waals surface area contributed by atoms with Gasteiger partial charge in [0, 0.05) is 50.4 Å². The van der Waals surface area contributed by atoms with Gasteiger partial charge in [-0.15, -0.1) is 0 Å². The van der Waals surface area contributed by atoms with Crippen molar-refractivity contribution < 1.29 is 14.1 Å². The van der Waals surface area contributed by atoms with Crippen molar-refractivity contribution in [1.29, 1.82) is 0 Å². The van der Waals surface area contributed by atoms with Crippen LogP contribution in [0.25, 0.3) is 22.6 Å². The Morgan fingerprint density at radius 3 is 2.64 bits per heavy atom. The van der Waals surface area contributed by atoms with E-state index in [9.17, 15) is 4.79 Å². The summed E-state index contributed by atoms with van der Waals surface area (Å²) < 4.78 is 10.3. The summed E-state index contributed by atoms with van der Waals surface area (Å²) in [5.41, 5.74) is 2.87. The molecule has 0 saturated carbocycles. The molecule has 4 aromatic rings. The van der Waals surface area contributed by atoms with Crippen LogP contribution >= 0.6 is 0 Å². The van der Waals surface area contributed by atoms with Crippen LogP contribution < -0.4 is 9.64 Å². The van der Waals surface area contributed by atoms with E-state index in [4.69, 9.17) is 9.26 Å². The van der Waals surface area contributed by atoms with E-state index in [1.165, 1.54) is 0 Å². The summed E-state index contributed by atoms with van der Waals surface area (Å²) in [5.74, 6) is 2.58. The number of hydrogen-bond acceptors (Lipinski definition) is 8. The van der Waals surface area contributed by atoms with Crippen LogP contribution in [-0.4, -0.2) is 69.4 Å². The van der Waals surface area contributed by atoms with Crippen LogP contribution in [0, 0.1) is 6.92 Å². The predicted octanol–water partition coefficient (Wildman–Crippen LogP) is 2.80. The molecule has 0 radical (unpaired) electrons. The number of aryl methyl sites for hydroxylation is 1. The van der Waals surface area contributed by atoms with Crippen molar-refractivity contribution in [1.82, 2.24) is 30.2 Å². The third-order valence-electron chi connectivity index (χ3n) is 5.60. The van der Waals surface area contributed by atoms with Gasteiger partial charge in [-0.05, 0) is 30.3 Å². The second kappa shape index (κ2) is 8.73. The number of aromatic amines is 1. The monoisotopic (exact) mass is 445 g/mol. The van der Waals surface area contributed by atoms with Crippen LogP contribution in [-0.2, 0) is 0 Å². The number of nitrogens with zero attached hydrogens (tertiary/aromatic N) is 6. The molecule has 0 unspecified atom stereocenters. The molecule has 0 bridgehead atoms. The molecule has 10 nitrogen and oxygen atoms in total. The first-order valence-electron chi connectivity index (χ1n) is 10.6. The number of piperazine rings is 1. The quantitative estimate of drug-likeness (QED) is 0.499. The Bertz CT molecular complexity index is 1260. The Morgan fingerprint density at radius 2 is 1.94 bits per heavy atom. The van der Waals surface area contributed by atoms with E-state index in [-0.39, 0.29) is 5.91 Å². The van der Waals surface area contributed by atoms with Gasteiger partial charge in [-0.25, -0.2) is 4.98 Å². The van der Waals surface area contributed by atoms with Crippen LogP contribution in [0.4, 0.5) is 5.82 Å². The van der Waals surface area contributed by atoms with E-state index in [1.807, 2.05) is 41.3 Å². The number of benzene rings is 1. The van der Waals surface area contributed by atoms with Gasteiger partial charge in [0.25, 0.3) is 5.91 Å². The lowest BCUT2D eigenvalue weighted by atomic mass is 10.1. The van der Waals surface area contributed by atoms with E-state index in [2.05, 4.69) is 30.2 Å². The molecule has 33 heavy (non-hydrogen) atoms. The summed E-state index contributed by atoms with van der Waals surface area (Å²) in [6, 6.07) is 13.2. The Balaban J connectivity index is 1.21. The molecule has 1 fully saturated rings. The van der Waals surface area contributed by atoms with E-state index in [1.54, 1.807) is 26.3 Å². The zero-order valence-electron chi connectivity index (χ0n) is 18.4. The van der Waals surface area contributed by atoms with E-state index >= 15 is 0 Å². The number of methoxy groups -OCH3 is 1. The number of nitrogens with one attached hydrogen (secondary N) is 1. The third kappa shape index (κ3) is 4.27. The van der Waals surface area contributed by atoms with E-state index in [0.717, 1.165) is 22.7 Å². The summed E-state index contributed by atoms with van der Waals surface area (Å²) in [7, 11) is 1.62. The third-order valence-corrected chi connectivity index (χ3v) is 5.60. The molecule has 1 amide bonds. The van der Waals surface area contributed by atoms with Crippen molar-refractivity contribution in [3.05, 3.63) is 60.2 Å². The molecule has 0 atom stereocenters. The zero-order valence-corrected chi connectivity index (χ0v) is 18.4. The minimum atomic E-state index is -0.0629. The fourth-order valence-electron chi connectivity index (χ4n) is 3.79. The molecule has 0 aliphatic carbocycles. The molecule has 0 spiro atoms. The highest BCUT2D eigenvalue weighted by molar-refractivity contribution is 5.93. The minimum Gasteiger partial charge on any atom is -0.497 e. The smallest absolute Gasteiger partial charge is 0.272 e. The molecular weight excluding hydrogens is 422 g/mol. The molecular formula is C23H23N7O3. The summed E-state index contributed by atoms with van der Waals surface area (Å²) in [4.78, 5) is 25.7. The Kier molecular flexibility index (Phi) is 5.47. The number of H-pyrrole nitrogens is 1. The highest BCUT2D eigenvalue weighted by Crippen LogP contribution is 2.24. The number of hydrogen-bond donors (Lipinski definition) is 1. The maximum Gasteiger partial charge on any atom is 0.272 e. The Labute approximate surface area is 190 Å². The average molecular weight is 445 g/mol. The normalized spacial score (nSPS) is 13.9. The van der Waals surface area contributed by atoms with E-state index in [0.29, 0.717) is 49.3 Å². The van der Waals surface area contributed by atoms with Crippen molar-refractivity contribution >= 4 is 11.7 Å². The van der Waals surface area contributed by atoms with Gasteiger partial charge in [-0.3, -0.25) is 9.89 Å². The predicted molar refractivity (Wildman–Crippen MR) is 121 cm³/mol. The summed E-state index contributed by atoms with van der Waals surface area (Å²) in [6.45, 7) is 4.33. The molecule has 1 aliphatic rings. The van der Waals surface area contributed by atoms with Gasteiger partial charge in [0.2, 0.25) is 11.7 Å². The second-order valence-electron chi connectivity index (χ2n) is 7.72. The van der Waals surface area contributed by atoms with Gasteiger partial charge in [-0.2, -0.15) is 10.1 Å². The zero-order chi connectivity index (χ0) is 22.8. The van der Waals surface area contributed by atoms with Gasteiger partial charge in [0.15, 0.2) is 0 Å². The molecule has 1 aliphatic heterocycles. The SMILES string of the molecule is COc1cccc(-c2cc(C(=O)N3CCN(c4ccc(-c5noc(C)n5)cn4)CC3)[nH]n2)c1. The largest absolute Gasteiger partial charge is 0.497 e. The maximum absolute atomic E-state index is 13.0. The highest BCUT2D eigenvalue weighted by Gasteiger charge is 2.24. The topological polar surface area (TPSA) is 113 Å². The first kappa shape index (κ1) is 20.7. The van der Waals surface area contributed by atoms with Gasteiger partial charge in [0.05, 0.1) is 12.8 Å². The molecule has 168 valence electrons. The van der Waals surface area contributed by atoms with Crippen molar-refractivity contribution in [3.63, 3.8) is 0 Å². The van der Waals surface area contributed by atoms with Gasteiger partial charge >= 0.3 is 0 Å². The van der Waals surface area contributed by atoms with Gasteiger partial charge in [-0.1, -0.05) is 17.3 Å². The number of anilines is 1. The first-order chi connectivity index (χ1) is 16.1. The van der Waals surface area contributed by atoms with Crippen molar-refractivity contribution in [2.75, 3.05) is 38.2 Å². The Morgan fingerprint density at radius 1 is 1.09 bits per heavy atom. The molecule has 1 saturated heterocycles. The molecule has 3 aromatic heterocycles. The second-order valence-corrected chi connectivity index (χ2v) is 7.72. The number of amides is 1. The van der Waals surface area contributed by atoms with E-state index < -0.39 is 0 Å². The number of carbonyl (C=O) groups is 1. The van der Waals surface area contributed by atoms with Crippen LogP contribution in [0.5, 0.6) is 5.75 Å². The first-order valence-corrected chi connectivity index (χ1v) is 10.6. The fraction of sp³-hybridized carbons (Fsp3) is 0.261. The van der Waals surface area contributed by atoms with Crippen LogP contribution in [0.2, 0.25) is 0 Å². The maximum atomic E-state index is 13.0. The number of carbonyl (C=O) groups excluding carboxylic acids is 1. The number of aromatic nitrogens is 5. The van der Waals surface area contributed by atoms with Gasteiger partial charge < -0.3 is 19.1 Å². The lowest BCUT2D eigenvalue weighted by Gasteiger charge is -2.35. The summed E-state index contributed by atoms with van der Waals surface area (Å²) in [6.07, 6.45) is 1.74. The standard InChI is InChI=1S/C23H23N7O3/c1-15-25-22(28-33-15)17-6-7-21(24-14-17)29-8-10-30(11-9-29)23(31)20-13-19(26-27-20)16-4-3-5-18(12-16)32-2/h3-7,12-14H,8-11H2,1-2H3,(H,26,27). The number of ether oxygens (including phenoxy) is 1. The van der Waals surface area contributed by atoms with Crippen molar-refractivity contribution in [3.8, 4) is 28.4 Å². The minimum absolute atomic E-state index is 0.0629.